The van der Waals surface area contributed by atoms with E-state index in [1.807, 2.05) is 38.1 Å². The Labute approximate surface area is 161 Å². The van der Waals surface area contributed by atoms with E-state index in [4.69, 9.17) is 4.74 Å². The van der Waals surface area contributed by atoms with Crippen molar-refractivity contribution in [3.05, 3.63) is 63.9 Å². The van der Waals surface area contributed by atoms with Gasteiger partial charge in [-0.1, -0.05) is 45.0 Å². The van der Waals surface area contributed by atoms with Gasteiger partial charge in [0.2, 0.25) is 5.78 Å². The number of nitrogens with zero attached hydrogens (tertiary/aromatic N) is 1. The second-order valence-electron chi connectivity index (χ2n) is 8.44. The summed E-state index contributed by atoms with van der Waals surface area (Å²) in [4.78, 5) is 14.8. The highest BCUT2D eigenvalue weighted by molar-refractivity contribution is 6.15. The number of rotatable bonds is 3. The van der Waals surface area contributed by atoms with Gasteiger partial charge in [0.25, 0.3) is 0 Å². The molecule has 0 aliphatic carbocycles. The highest BCUT2D eigenvalue weighted by Gasteiger charge is 2.33. The first-order valence-corrected chi connectivity index (χ1v) is 9.13. The van der Waals surface area contributed by atoms with Crippen molar-refractivity contribution in [1.82, 2.24) is 4.90 Å². The zero-order valence-corrected chi connectivity index (χ0v) is 16.9. The fraction of sp³-hybridized carbons (Fsp3) is 0.348. The summed E-state index contributed by atoms with van der Waals surface area (Å²) >= 11 is 0. The number of carbonyl (C=O) groups is 1. The Kier molecular flexibility index (Phi) is 4.87. The fourth-order valence-corrected chi connectivity index (χ4v) is 3.28. The summed E-state index contributed by atoms with van der Waals surface area (Å²) in [5.41, 5.74) is 4.14. The maximum absolute atomic E-state index is 12.9. The molecule has 0 unspecified atom stereocenters. The normalized spacial score (nSPS) is 15.4. The minimum atomic E-state index is -0.137. The van der Waals surface area contributed by atoms with Crippen molar-refractivity contribution in [3.8, 4) is 11.5 Å². The minimum absolute atomic E-state index is 0.0807. The Hall–Kier alpha value is -2.59. The Balaban J connectivity index is 1.99. The third-order valence-electron chi connectivity index (χ3n) is 4.77. The van der Waals surface area contributed by atoms with Crippen LogP contribution in [-0.4, -0.2) is 29.9 Å². The van der Waals surface area contributed by atoms with E-state index in [0.29, 0.717) is 29.2 Å². The Morgan fingerprint density at radius 3 is 2.33 bits per heavy atom. The molecular formula is C23H27NO3. The Morgan fingerprint density at radius 2 is 1.78 bits per heavy atom. The van der Waals surface area contributed by atoms with Gasteiger partial charge in [-0.3, -0.25) is 4.79 Å². The molecule has 0 saturated heterocycles. The van der Waals surface area contributed by atoms with Crippen LogP contribution in [0.3, 0.4) is 0 Å². The van der Waals surface area contributed by atoms with Gasteiger partial charge >= 0.3 is 0 Å². The van der Waals surface area contributed by atoms with E-state index in [1.54, 1.807) is 12.1 Å². The van der Waals surface area contributed by atoms with Gasteiger partial charge in [-0.15, -0.1) is 0 Å². The van der Waals surface area contributed by atoms with Gasteiger partial charge in [-0.05, 0) is 55.3 Å². The predicted octanol–water partition coefficient (Wildman–Crippen LogP) is 4.68. The van der Waals surface area contributed by atoms with Crippen molar-refractivity contribution in [2.75, 3.05) is 14.1 Å². The average molecular weight is 365 g/mol. The topological polar surface area (TPSA) is 49.8 Å². The zero-order valence-electron chi connectivity index (χ0n) is 16.9. The highest BCUT2D eigenvalue weighted by Crippen LogP contribution is 2.42. The van der Waals surface area contributed by atoms with Crippen LogP contribution in [0, 0.1) is 6.92 Å². The van der Waals surface area contributed by atoms with E-state index in [1.165, 1.54) is 5.56 Å². The lowest BCUT2D eigenvalue weighted by atomic mass is 9.86. The van der Waals surface area contributed by atoms with Crippen LogP contribution in [-0.2, 0) is 12.0 Å². The molecule has 0 fully saturated rings. The standard InChI is InChI=1S/C23H27NO3/c1-14-11-18(25)17(13-24(5)6)22-20(14)21(26)19(27-22)12-15-7-9-16(10-8-15)23(2,3)4/h7-12,25H,13H2,1-6H3/b19-12-. The Bertz CT molecular complexity index is 916. The first-order chi connectivity index (χ1) is 12.6. The largest absolute Gasteiger partial charge is 0.507 e. The molecule has 142 valence electrons. The van der Waals surface area contributed by atoms with Crippen LogP contribution in [0.5, 0.6) is 11.5 Å². The van der Waals surface area contributed by atoms with Crippen molar-refractivity contribution in [1.29, 1.82) is 0 Å². The molecule has 1 aliphatic rings. The summed E-state index contributed by atoms with van der Waals surface area (Å²) in [5, 5.41) is 10.3. The number of phenolic OH excluding ortho intramolecular Hbond substituents is 1. The number of aryl methyl sites for hydroxylation is 1. The molecule has 1 N–H and O–H groups in total. The SMILES string of the molecule is Cc1cc(O)c(CN(C)C)c2c1C(=O)/C(=C/c1ccc(C(C)(C)C)cc1)O2. The van der Waals surface area contributed by atoms with Crippen molar-refractivity contribution in [3.63, 3.8) is 0 Å². The van der Waals surface area contributed by atoms with Crippen LogP contribution in [0.25, 0.3) is 6.08 Å². The smallest absolute Gasteiger partial charge is 0.232 e. The van der Waals surface area contributed by atoms with Gasteiger partial charge in [0.15, 0.2) is 5.76 Å². The number of phenols is 1. The van der Waals surface area contributed by atoms with Crippen molar-refractivity contribution in [2.45, 2.75) is 39.7 Å². The lowest BCUT2D eigenvalue weighted by molar-refractivity contribution is 0.101. The molecule has 0 amide bonds. The first kappa shape index (κ1) is 19.2. The number of carbonyl (C=O) groups excluding carboxylic acids is 1. The van der Waals surface area contributed by atoms with Gasteiger partial charge in [0.05, 0.1) is 11.1 Å². The van der Waals surface area contributed by atoms with Crippen LogP contribution in [0.2, 0.25) is 0 Å². The summed E-state index contributed by atoms with van der Waals surface area (Å²) in [5.74, 6) is 0.789. The molecule has 2 aromatic rings. The number of benzene rings is 2. The van der Waals surface area contributed by atoms with Crippen molar-refractivity contribution >= 4 is 11.9 Å². The van der Waals surface area contributed by atoms with Gasteiger partial charge in [-0.2, -0.15) is 0 Å². The van der Waals surface area contributed by atoms with Gasteiger partial charge in [0.1, 0.15) is 11.5 Å². The lowest BCUT2D eigenvalue weighted by Crippen LogP contribution is -2.12. The maximum Gasteiger partial charge on any atom is 0.232 e. The number of aromatic hydroxyl groups is 1. The quantitative estimate of drug-likeness (QED) is 0.803. The second kappa shape index (κ2) is 6.86. The predicted molar refractivity (Wildman–Crippen MR) is 108 cm³/mol. The second-order valence-corrected chi connectivity index (χ2v) is 8.44. The van der Waals surface area contributed by atoms with E-state index >= 15 is 0 Å². The lowest BCUT2D eigenvalue weighted by Gasteiger charge is -2.18. The number of fused-ring (bicyclic) bond motifs is 1. The summed E-state index contributed by atoms with van der Waals surface area (Å²) in [7, 11) is 3.83. The average Bonchev–Trinajstić information content (AvgIpc) is 2.88. The first-order valence-electron chi connectivity index (χ1n) is 9.13. The summed E-state index contributed by atoms with van der Waals surface area (Å²) in [6.45, 7) is 8.82. The number of hydrogen-bond donors (Lipinski definition) is 1. The minimum Gasteiger partial charge on any atom is -0.507 e. The fourth-order valence-electron chi connectivity index (χ4n) is 3.28. The highest BCUT2D eigenvalue weighted by atomic mass is 16.5. The molecule has 0 spiro atoms. The van der Waals surface area contributed by atoms with Gasteiger partial charge in [0, 0.05) is 6.54 Å². The number of hydrogen-bond acceptors (Lipinski definition) is 4. The zero-order chi connectivity index (χ0) is 19.9. The summed E-state index contributed by atoms with van der Waals surface area (Å²) in [6, 6.07) is 9.79. The van der Waals surface area contributed by atoms with Crippen LogP contribution in [0.15, 0.2) is 36.1 Å². The van der Waals surface area contributed by atoms with Crippen molar-refractivity contribution < 1.29 is 14.6 Å². The molecule has 0 saturated carbocycles. The third kappa shape index (κ3) is 3.76. The van der Waals surface area contributed by atoms with E-state index in [9.17, 15) is 9.90 Å². The van der Waals surface area contributed by atoms with Gasteiger partial charge < -0.3 is 14.7 Å². The number of allylic oxidation sites excluding steroid dienone is 1. The van der Waals surface area contributed by atoms with Crippen LogP contribution in [0.1, 0.15) is 53.4 Å². The molecule has 4 heteroatoms. The molecule has 27 heavy (non-hydrogen) atoms. The molecule has 1 aliphatic heterocycles. The summed E-state index contributed by atoms with van der Waals surface area (Å²) in [6.07, 6.45) is 1.77. The van der Waals surface area contributed by atoms with E-state index in [-0.39, 0.29) is 16.9 Å². The van der Waals surface area contributed by atoms with E-state index in [2.05, 4.69) is 32.9 Å². The molecule has 0 radical (unpaired) electrons. The molecule has 0 bridgehead atoms. The van der Waals surface area contributed by atoms with Crippen molar-refractivity contribution in [2.24, 2.45) is 0 Å². The Morgan fingerprint density at radius 1 is 1.15 bits per heavy atom. The number of ketones is 1. The van der Waals surface area contributed by atoms with Crippen LogP contribution in [0.4, 0.5) is 0 Å². The van der Waals surface area contributed by atoms with Crippen LogP contribution >= 0.6 is 0 Å². The molecule has 4 nitrogen and oxygen atoms in total. The third-order valence-corrected chi connectivity index (χ3v) is 4.77. The van der Waals surface area contributed by atoms with E-state index < -0.39 is 0 Å². The maximum atomic E-state index is 12.9. The molecule has 3 rings (SSSR count). The molecular weight excluding hydrogens is 338 g/mol. The van der Waals surface area contributed by atoms with E-state index in [0.717, 1.165) is 11.1 Å². The van der Waals surface area contributed by atoms with Gasteiger partial charge in [-0.25, -0.2) is 0 Å². The van der Waals surface area contributed by atoms with Crippen LogP contribution < -0.4 is 4.74 Å². The molecule has 1 heterocycles. The molecule has 0 atom stereocenters. The molecule has 2 aromatic carbocycles. The number of ether oxygens (including phenoxy) is 1. The molecule has 0 aromatic heterocycles. The monoisotopic (exact) mass is 365 g/mol. The number of Topliss-reactive ketones (excluding diaryl/α,β-unsaturated/α-hetero) is 1. The summed E-state index contributed by atoms with van der Waals surface area (Å²) < 4.78 is 5.94.